The van der Waals surface area contributed by atoms with Crippen LogP contribution in [0, 0.1) is 0 Å². The third-order valence-corrected chi connectivity index (χ3v) is 6.77. The Morgan fingerprint density at radius 1 is 0.561 bits per heavy atom. The molecule has 1 N–H and O–H groups in total. The van der Waals surface area contributed by atoms with Gasteiger partial charge >= 0.3 is 41.5 Å². The topological polar surface area (TPSA) is 139 Å². The first kappa shape index (κ1) is 45.2. The number of esters is 2. The van der Waals surface area contributed by atoms with Gasteiger partial charge in [0.15, 0.2) is 0 Å². The van der Waals surface area contributed by atoms with Gasteiger partial charge in [0, 0.05) is 32.3 Å². The van der Waals surface area contributed by atoms with Gasteiger partial charge in [0.25, 0.3) is 0 Å². The summed E-state index contributed by atoms with van der Waals surface area (Å²) in [6.45, 7) is 4.71. The molecule has 0 aromatic heterocycles. The van der Waals surface area contributed by atoms with Crippen LogP contribution in [-0.4, -0.2) is 56.4 Å². The molecule has 0 aliphatic heterocycles. The van der Waals surface area contributed by atoms with Crippen LogP contribution < -0.4 is 29.6 Å². The van der Waals surface area contributed by atoms with E-state index >= 15 is 0 Å². The minimum atomic E-state index is -4.65. The molecule has 0 aromatic rings. The number of unbranched alkanes of at least 4 members (excludes halogenated alkanes) is 16. The average Bonchev–Trinajstić information content (AvgIpc) is 2.91. The van der Waals surface area contributed by atoms with Crippen LogP contribution in [-0.2, 0) is 33.6 Å². The molecule has 9 nitrogen and oxygen atoms in total. The van der Waals surface area contributed by atoms with Gasteiger partial charge in [0.2, 0.25) is 10.4 Å². The Labute approximate surface area is 273 Å². The van der Waals surface area contributed by atoms with E-state index in [-0.39, 0.29) is 67.7 Å². The standard InChI is InChI=1S/C15H30O6S.C15H30O3.Na/c1-2-3-4-5-6-7-8-9-10-12-15(16)20-13-11-14-21-22(17,18)19;1-2-3-4-5-6-7-8-9-10-12-15(17)18-14-11-13-16;/h2-14H2,1H3,(H,17,18,19);16H,2-14H2,1H3;/q;;+1/p-1. The van der Waals surface area contributed by atoms with Gasteiger partial charge in [-0.15, -0.1) is 0 Å². The molecule has 0 aromatic carbocycles. The minimum Gasteiger partial charge on any atom is -0.726 e. The van der Waals surface area contributed by atoms with Crippen molar-refractivity contribution in [3.05, 3.63) is 0 Å². The number of rotatable bonds is 28. The van der Waals surface area contributed by atoms with Crippen LogP contribution in [0.25, 0.3) is 0 Å². The normalized spacial score (nSPS) is 10.8. The maximum absolute atomic E-state index is 11.4. The van der Waals surface area contributed by atoms with Crippen LogP contribution in [0.2, 0.25) is 0 Å². The van der Waals surface area contributed by atoms with E-state index in [2.05, 4.69) is 18.0 Å². The van der Waals surface area contributed by atoms with Crippen molar-refractivity contribution in [3.63, 3.8) is 0 Å². The number of hydrogen-bond donors (Lipinski definition) is 1. The molecule has 0 unspecified atom stereocenters. The Balaban J connectivity index is -0.000000701. The first-order valence-electron chi connectivity index (χ1n) is 15.8. The maximum atomic E-state index is 11.4. The zero-order valence-corrected chi connectivity index (χ0v) is 29.3. The zero-order chi connectivity index (χ0) is 30.2. The molecular formula is C30H59NaO9S. The van der Waals surface area contributed by atoms with E-state index in [4.69, 9.17) is 14.6 Å². The number of carbonyl (C=O) groups excluding carboxylic acids is 2. The molecule has 0 bridgehead atoms. The van der Waals surface area contributed by atoms with Crippen molar-refractivity contribution in [3.8, 4) is 0 Å². The molecule has 0 rings (SSSR count). The average molecular weight is 619 g/mol. The minimum absolute atomic E-state index is 0. The van der Waals surface area contributed by atoms with Crippen LogP contribution in [0.3, 0.4) is 0 Å². The van der Waals surface area contributed by atoms with E-state index in [0.717, 1.165) is 32.1 Å². The van der Waals surface area contributed by atoms with Gasteiger partial charge in [-0.05, 0) is 12.8 Å². The summed E-state index contributed by atoms with van der Waals surface area (Å²) < 4.78 is 44.3. The molecule has 0 aliphatic rings. The molecule has 11 heteroatoms. The second-order valence-corrected chi connectivity index (χ2v) is 11.3. The Morgan fingerprint density at radius 3 is 1.24 bits per heavy atom. The summed E-state index contributed by atoms with van der Waals surface area (Å²) in [4.78, 5) is 22.6. The molecule has 0 atom stereocenters. The van der Waals surface area contributed by atoms with E-state index in [1.807, 2.05) is 0 Å². The second kappa shape index (κ2) is 36.0. The van der Waals surface area contributed by atoms with Gasteiger partial charge in [-0.3, -0.25) is 13.8 Å². The SMILES string of the molecule is CCCCCCCCCCCC(=O)OCCCO.CCCCCCCCCCCC(=O)OCCCOS(=O)(=O)[O-].[Na+]. The summed E-state index contributed by atoms with van der Waals surface area (Å²) in [5, 5.41) is 8.54. The zero-order valence-electron chi connectivity index (χ0n) is 26.5. The van der Waals surface area contributed by atoms with E-state index in [1.54, 1.807) is 0 Å². The van der Waals surface area contributed by atoms with Crippen LogP contribution >= 0.6 is 0 Å². The summed E-state index contributed by atoms with van der Waals surface area (Å²) in [6.07, 6.45) is 23.7. The van der Waals surface area contributed by atoms with Crippen LogP contribution in [0.1, 0.15) is 155 Å². The van der Waals surface area contributed by atoms with Crippen LogP contribution in [0.5, 0.6) is 0 Å². The first-order valence-corrected chi connectivity index (χ1v) is 17.1. The summed E-state index contributed by atoms with van der Waals surface area (Å²) in [6, 6.07) is 0. The Hall–Kier alpha value is -0.230. The molecule has 0 heterocycles. The first-order chi connectivity index (χ1) is 19.3. The Bertz CT molecular complexity index is 660. The van der Waals surface area contributed by atoms with Crippen LogP contribution in [0.15, 0.2) is 0 Å². The molecule has 0 fully saturated rings. The molecule has 41 heavy (non-hydrogen) atoms. The second-order valence-electron chi connectivity index (χ2n) is 10.3. The summed E-state index contributed by atoms with van der Waals surface area (Å²) in [7, 11) is -4.65. The summed E-state index contributed by atoms with van der Waals surface area (Å²) in [5.74, 6) is -0.403. The van der Waals surface area contributed by atoms with Crippen molar-refractivity contribution in [2.75, 3.05) is 26.4 Å². The Kier molecular flexibility index (Phi) is 39.6. The molecule has 0 spiro atoms. The smallest absolute Gasteiger partial charge is 0.726 e. The van der Waals surface area contributed by atoms with Crippen molar-refractivity contribution >= 4 is 22.3 Å². The fraction of sp³-hybridized carbons (Fsp3) is 0.933. The molecule has 0 amide bonds. The largest absolute Gasteiger partial charge is 1.00 e. The van der Waals surface area contributed by atoms with Crippen molar-refractivity contribution in [2.24, 2.45) is 0 Å². The summed E-state index contributed by atoms with van der Waals surface area (Å²) >= 11 is 0. The predicted molar refractivity (Wildman–Crippen MR) is 158 cm³/mol. The van der Waals surface area contributed by atoms with Gasteiger partial charge in [0.05, 0.1) is 19.8 Å². The number of aliphatic hydroxyl groups is 1. The molecule has 240 valence electrons. The van der Waals surface area contributed by atoms with Crippen molar-refractivity contribution in [2.45, 2.75) is 155 Å². The fourth-order valence-electron chi connectivity index (χ4n) is 3.96. The molecule has 0 aliphatic carbocycles. The van der Waals surface area contributed by atoms with Gasteiger partial charge < -0.3 is 19.1 Å². The van der Waals surface area contributed by atoms with Crippen LogP contribution in [0.4, 0.5) is 0 Å². The molecule has 0 saturated carbocycles. The monoisotopic (exact) mass is 618 g/mol. The fourth-order valence-corrected chi connectivity index (χ4v) is 4.28. The number of carbonyl (C=O) groups is 2. The Morgan fingerprint density at radius 2 is 0.902 bits per heavy atom. The quantitative estimate of drug-likeness (QED) is 0.0450. The van der Waals surface area contributed by atoms with E-state index in [0.29, 0.717) is 25.9 Å². The predicted octanol–water partition coefficient (Wildman–Crippen LogP) is 4.15. The van der Waals surface area contributed by atoms with E-state index in [9.17, 15) is 22.6 Å². The molecule has 0 saturated heterocycles. The number of hydrogen-bond acceptors (Lipinski definition) is 9. The summed E-state index contributed by atoms with van der Waals surface area (Å²) in [5.41, 5.74) is 0. The number of aliphatic hydroxyl groups excluding tert-OH is 1. The van der Waals surface area contributed by atoms with Crippen molar-refractivity contribution < 1.29 is 70.9 Å². The molecule has 0 radical (unpaired) electrons. The van der Waals surface area contributed by atoms with Crippen molar-refractivity contribution in [1.82, 2.24) is 0 Å². The van der Waals surface area contributed by atoms with Gasteiger partial charge in [0.1, 0.15) is 0 Å². The van der Waals surface area contributed by atoms with Gasteiger partial charge in [-0.1, -0.05) is 117 Å². The van der Waals surface area contributed by atoms with Crippen molar-refractivity contribution in [1.29, 1.82) is 0 Å². The maximum Gasteiger partial charge on any atom is 1.00 e. The van der Waals surface area contributed by atoms with Gasteiger partial charge in [-0.25, -0.2) is 8.42 Å². The third kappa shape index (κ3) is 44.3. The van der Waals surface area contributed by atoms with Gasteiger partial charge in [-0.2, -0.15) is 0 Å². The van der Waals surface area contributed by atoms with E-state index < -0.39 is 10.4 Å². The number of ether oxygens (including phenoxy) is 2. The third-order valence-electron chi connectivity index (χ3n) is 6.31. The van der Waals surface area contributed by atoms with E-state index in [1.165, 1.54) is 83.5 Å². The molecular weight excluding hydrogens is 559 g/mol.